The van der Waals surface area contributed by atoms with Gasteiger partial charge in [-0.2, -0.15) is 0 Å². The van der Waals surface area contributed by atoms with E-state index in [-0.39, 0.29) is 11.8 Å². The van der Waals surface area contributed by atoms with Crippen molar-refractivity contribution in [3.05, 3.63) is 89.2 Å². The molecule has 3 aromatic carbocycles. The number of anilines is 1. The molecule has 1 atom stereocenters. The Hall–Kier alpha value is -3.12. The first-order valence-corrected chi connectivity index (χ1v) is 11.2. The minimum Gasteiger partial charge on any atom is -0.492 e. The Kier molecular flexibility index (Phi) is 5.47. The molecule has 1 aliphatic rings. The maximum atomic E-state index is 12.9. The second-order valence-electron chi connectivity index (χ2n) is 7.63. The molecular weight excluding hydrogens is 454 g/mol. The normalized spacial score (nSPS) is 16.2. The summed E-state index contributed by atoms with van der Waals surface area (Å²) in [6.45, 7) is 1.82. The van der Waals surface area contributed by atoms with E-state index in [0.717, 1.165) is 32.8 Å². The molecule has 4 aromatic rings. The molecule has 1 aromatic heterocycles. The van der Waals surface area contributed by atoms with Crippen molar-refractivity contribution < 1.29 is 9.53 Å². The molecule has 0 unspecified atom stereocenters. The number of fused-ring (bicyclic) bond motifs is 1. The van der Waals surface area contributed by atoms with Gasteiger partial charge in [0.15, 0.2) is 0 Å². The molecule has 1 saturated heterocycles. The Bertz CT molecular complexity index is 1220. The summed E-state index contributed by atoms with van der Waals surface area (Å²) < 4.78 is 9.07. The summed E-state index contributed by atoms with van der Waals surface area (Å²) >= 11 is 3.58. The highest BCUT2D eigenvalue weighted by Gasteiger charge is 2.35. The summed E-state index contributed by atoms with van der Waals surface area (Å²) in [6.07, 6.45) is 0.449. The fourth-order valence-electron chi connectivity index (χ4n) is 4.20. The molecule has 6 heteroatoms. The summed E-state index contributed by atoms with van der Waals surface area (Å²) in [5.41, 5.74) is 2.93. The van der Waals surface area contributed by atoms with Crippen LogP contribution in [0.3, 0.4) is 0 Å². The van der Waals surface area contributed by atoms with E-state index in [1.165, 1.54) is 0 Å². The number of hydrogen-bond acceptors (Lipinski definition) is 3. The summed E-state index contributed by atoms with van der Waals surface area (Å²) in [7, 11) is 0. The minimum absolute atomic E-state index is 0.0312. The number of carbonyl (C=O) groups is 1. The van der Waals surface area contributed by atoms with Crippen molar-refractivity contribution in [1.82, 2.24) is 9.55 Å². The van der Waals surface area contributed by atoms with Gasteiger partial charge in [0.25, 0.3) is 0 Å². The van der Waals surface area contributed by atoms with Gasteiger partial charge in [-0.3, -0.25) is 4.79 Å². The van der Waals surface area contributed by atoms with Crippen molar-refractivity contribution in [1.29, 1.82) is 0 Å². The van der Waals surface area contributed by atoms with E-state index in [9.17, 15) is 4.79 Å². The number of imidazole rings is 1. The molecule has 0 spiro atoms. The number of hydrogen-bond donors (Lipinski definition) is 0. The van der Waals surface area contributed by atoms with Gasteiger partial charge >= 0.3 is 0 Å². The molecule has 5 rings (SSSR count). The van der Waals surface area contributed by atoms with Crippen LogP contribution in [-0.2, 0) is 11.3 Å². The van der Waals surface area contributed by atoms with Crippen LogP contribution in [0.2, 0.25) is 0 Å². The molecule has 5 nitrogen and oxygen atoms in total. The van der Waals surface area contributed by atoms with Crippen LogP contribution in [0, 0.1) is 0 Å². The third kappa shape index (κ3) is 3.95. The lowest BCUT2D eigenvalue weighted by Crippen LogP contribution is -2.25. The average Bonchev–Trinajstić information content (AvgIpc) is 3.35. The van der Waals surface area contributed by atoms with Crippen molar-refractivity contribution in [2.75, 3.05) is 18.1 Å². The third-order valence-corrected chi connectivity index (χ3v) is 6.31. The largest absolute Gasteiger partial charge is 0.492 e. The molecule has 0 radical (unpaired) electrons. The smallest absolute Gasteiger partial charge is 0.227 e. The van der Waals surface area contributed by atoms with Crippen LogP contribution < -0.4 is 9.64 Å². The molecule has 31 heavy (non-hydrogen) atoms. The maximum Gasteiger partial charge on any atom is 0.227 e. The molecule has 0 N–H and O–H groups in total. The first-order chi connectivity index (χ1) is 15.2. The van der Waals surface area contributed by atoms with Gasteiger partial charge in [-0.05, 0) is 52.3 Å². The van der Waals surface area contributed by atoms with Crippen molar-refractivity contribution in [2.24, 2.45) is 0 Å². The average molecular weight is 476 g/mol. The Morgan fingerprint density at radius 2 is 1.71 bits per heavy atom. The molecule has 2 heterocycles. The SMILES string of the molecule is O=C1C[C@H](c2nc3ccccc3n2CCOc2ccccc2)CN1c1ccccc1Br. The Morgan fingerprint density at radius 1 is 0.968 bits per heavy atom. The van der Waals surface area contributed by atoms with Crippen LogP contribution in [0.1, 0.15) is 18.2 Å². The van der Waals surface area contributed by atoms with Crippen molar-refractivity contribution >= 4 is 38.6 Å². The van der Waals surface area contributed by atoms with Crippen LogP contribution >= 0.6 is 15.9 Å². The van der Waals surface area contributed by atoms with E-state index < -0.39 is 0 Å². The zero-order valence-corrected chi connectivity index (χ0v) is 18.5. The predicted molar refractivity (Wildman–Crippen MR) is 126 cm³/mol. The number of carbonyl (C=O) groups excluding carboxylic acids is 1. The zero-order chi connectivity index (χ0) is 21.2. The number of ether oxygens (including phenoxy) is 1. The first kappa shape index (κ1) is 19.8. The standard InChI is InChI=1S/C25H22BrN3O2/c26-20-10-4-6-12-22(20)29-17-18(16-24(29)30)25-27-21-11-5-7-13-23(21)28(25)14-15-31-19-8-2-1-3-9-19/h1-13,18H,14-17H2/t18-/m0/s1. The summed E-state index contributed by atoms with van der Waals surface area (Å²) in [6, 6.07) is 25.8. The number of benzene rings is 3. The quantitative estimate of drug-likeness (QED) is 0.375. The molecule has 156 valence electrons. The van der Waals surface area contributed by atoms with Crippen molar-refractivity contribution in [3.8, 4) is 5.75 Å². The highest BCUT2D eigenvalue weighted by molar-refractivity contribution is 9.10. The van der Waals surface area contributed by atoms with Crippen LogP contribution in [0.5, 0.6) is 5.75 Å². The number of halogens is 1. The van der Waals surface area contributed by atoms with E-state index in [4.69, 9.17) is 9.72 Å². The van der Waals surface area contributed by atoms with Gasteiger partial charge in [0.05, 0.1) is 23.3 Å². The lowest BCUT2D eigenvalue weighted by Gasteiger charge is -2.19. The number of nitrogens with zero attached hydrogens (tertiary/aromatic N) is 3. The Labute approximate surface area is 189 Å². The molecule has 0 bridgehead atoms. The van der Waals surface area contributed by atoms with Crippen LogP contribution in [0.15, 0.2) is 83.3 Å². The van der Waals surface area contributed by atoms with E-state index in [0.29, 0.717) is 26.1 Å². The van der Waals surface area contributed by atoms with Gasteiger partial charge in [-0.25, -0.2) is 4.98 Å². The number of para-hydroxylation sites is 4. The topological polar surface area (TPSA) is 47.4 Å². The fourth-order valence-corrected chi connectivity index (χ4v) is 4.70. The van der Waals surface area contributed by atoms with E-state index in [1.807, 2.05) is 77.7 Å². The fraction of sp³-hybridized carbons (Fsp3) is 0.200. The zero-order valence-electron chi connectivity index (χ0n) is 16.9. The second kappa shape index (κ2) is 8.55. The first-order valence-electron chi connectivity index (χ1n) is 10.4. The van der Waals surface area contributed by atoms with Gasteiger partial charge < -0.3 is 14.2 Å². The summed E-state index contributed by atoms with van der Waals surface area (Å²) in [5.74, 6) is 1.95. The minimum atomic E-state index is 0.0312. The highest BCUT2D eigenvalue weighted by atomic mass is 79.9. The van der Waals surface area contributed by atoms with Crippen molar-refractivity contribution in [2.45, 2.75) is 18.9 Å². The summed E-state index contributed by atoms with van der Waals surface area (Å²) in [5, 5.41) is 0. The molecule has 1 fully saturated rings. The number of amides is 1. The van der Waals surface area contributed by atoms with E-state index in [2.05, 4.69) is 26.6 Å². The van der Waals surface area contributed by atoms with Gasteiger partial charge in [-0.15, -0.1) is 0 Å². The molecule has 1 aliphatic heterocycles. The van der Waals surface area contributed by atoms with Crippen LogP contribution in [0.25, 0.3) is 11.0 Å². The lowest BCUT2D eigenvalue weighted by molar-refractivity contribution is -0.117. The number of aromatic nitrogens is 2. The molecular formula is C25H22BrN3O2. The highest BCUT2D eigenvalue weighted by Crippen LogP contribution is 2.36. The van der Waals surface area contributed by atoms with Gasteiger partial charge in [0, 0.05) is 23.4 Å². The second-order valence-corrected chi connectivity index (χ2v) is 8.48. The molecule has 0 aliphatic carbocycles. The monoisotopic (exact) mass is 475 g/mol. The lowest BCUT2D eigenvalue weighted by atomic mass is 10.1. The van der Waals surface area contributed by atoms with Crippen LogP contribution in [-0.4, -0.2) is 28.6 Å². The maximum absolute atomic E-state index is 12.9. The van der Waals surface area contributed by atoms with Crippen LogP contribution in [0.4, 0.5) is 5.69 Å². The predicted octanol–water partition coefficient (Wildman–Crippen LogP) is 5.40. The number of rotatable bonds is 6. The van der Waals surface area contributed by atoms with Gasteiger partial charge in [0.2, 0.25) is 5.91 Å². The molecule has 1 amide bonds. The van der Waals surface area contributed by atoms with E-state index >= 15 is 0 Å². The third-order valence-electron chi connectivity index (χ3n) is 5.64. The van der Waals surface area contributed by atoms with E-state index in [1.54, 1.807) is 0 Å². The van der Waals surface area contributed by atoms with Gasteiger partial charge in [-0.1, -0.05) is 42.5 Å². The summed E-state index contributed by atoms with van der Waals surface area (Å²) in [4.78, 5) is 19.7. The molecule has 0 saturated carbocycles. The Balaban J connectivity index is 1.42. The Morgan fingerprint density at radius 3 is 2.55 bits per heavy atom. The van der Waals surface area contributed by atoms with Crippen molar-refractivity contribution in [3.63, 3.8) is 0 Å². The van der Waals surface area contributed by atoms with Gasteiger partial charge in [0.1, 0.15) is 18.2 Å².